The molecule has 0 aliphatic carbocycles. The summed E-state index contributed by atoms with van der Waals surface area (Å²) in [6, 6.07) is 12.2. The van der Waals surface area contributed by atoms with E-state index in [2.05, 4.69) is 10.6 Å². The Balaban J connectivity index is 2.11. The molecular weight excluding hydrogens is 328 g/mol. The molecule has 0 bridgehead atoms. The summed E-state index contributed by atoms with van der Waals surface area (Å²) in [7, 11) is 3.15. The number of carbonyl (C=O) groups excluding carboxylic acids is 1. The first-order chi connectivity index (χ1) is 11.4. The van der Waals surface area contributed by atoms with Gasteiger partial charge in [0.15, 0.2) is 0 Å². The van der Waals surface area contributed by atoms with Crippen LogP contribution in [0.1, 0.15) is 19.4 Å². The van der Waals surface area contributed by atoms with Crippen LogP contribution in [0, 0.1) is 0 Å². The average Bonchev–Trinajstić information content (AvgIpc) is 2.54. The minimum atomic E-state index is -0.567. The molecule has 0 radical (unpaired) electrons. The Morgan fingerprint density at radius 3 is 2.29 bits per heavy atom. The second-order valence-electron chi connectivity index (χ2n) is 5.78. The van der Waals surface area contributed by atoms with Crippen molar-refractivity contribution in [3.63, 3.8) is 0 Å². The van der Waals surface area contributed by atoms with Gasteiger partial charge in [0, 0.05) is 5.02 Å². The van der Waals surface area contributed by atoms with E-state index < -0.39 is 5.54 Å². The Hall–Kier alpha value is -2.40. The second-order valence-corrected chi connectivity index (χ2v) is 6.21. The lowest BCUT2D eigenvalue weighted by Crippen LogP contribution is -2.43. The summed E-state index contributed by atoms with van der Waals surface area (Å²) in [5, 5.41) is 6.22. The summed E-state index contributed by atoms with van der Waals surface area (Å²) in [4.78, 5) is 12.4. The molecule has 0 aliphatic rings. The molecule has 0 aromatic heterocycles. The van der Waals surface area contributed by atoms with Crippen molar-refractivity contribution in [3.05, 3.63) is 53.1 Å². The minimum Gasteiger partial charge on any atom is -0.497 e. The minimum absolute atomic E-state index is 0.351. The molecule has 0 spiro atoms. The van der Waals surface area contributed by atoms with E-state index in [4.69, 9.17) is 21.1 Å². The molecule has 128 valence electrons. The predicted octanol–water partition coefficient (Wildman–Crippen LogP) is 4.41. The van der Waals surface area contributed by atoms with E-state index in [0.717, 1.165) is 11.3 Å². The molecule has 24 heavy (non-hydrogen) atoms. The Morgan fingerprint density at radius 2 is 1.71 bits per heavy atom. The molecule has 2 rings (SSSR count). The average molecular weight is 349 g/mol. The maximum Gasteiger partial charge on any atom is 0.320 e. The predicted molar refractivity (Wildman–Crippen MR) is 96.2 cm³/mol. The van der Waals surface area contributed by atoms with Crippen molar-refractivity contribution >= 4 is 23.3 Å². The molecule has 0 atom stereocenters. The first-order valence-electron chi connectivity index (χ1n) is 7.43. The number of carbonyl (C=O) groups is 1. The monoisotopic (exact) mass is 348 g/mol. The van der Waals surface area contributed by atoms with Crippen LogP contribution in [0.15, 0.2) is 42.5 Å². The van der Waals surface area contributed by atoms with Gasteiger partial charge in [-0.1, -0.05) is 23.7 Å². The van der Waals surface area contributed by atoms with E-state index >= 15 is 0 Å². The number of nitrogens with one attached hydrogen (secondary N) is 2. The number of methoxy groups -OCH3 is 2. The van der Waals surface area contributed by atoms with Crippen LogP contribution in [0.25, 0.3) is 0 Å². The van der Waals surface area contributed by atoms with Crippen LogP contribution in [-0.4, -0.2) is 20.3 Å². The molecule has 0 aliphatic heterocycles. The zero-order chi connectivity index (χ0) is 17.7. The van der Waals surface area contributed by atoms with Crippen molar-refractivity contribution in [3.8, 4) is 11.5 Å². The third-order valence-corrected chi connectivity index (χ3v) is 3.88. The van der Waals surface area contributed by atoms with E-state index in [9.17, 15) is 4.79 Å². The molecule has 6 heteroatoms. The Labute approximate surface area is 146 Å². The van der Waals surface area contributed by atoms with Gasteiger partial charge in [0.25, 0.3) is 0 Å². The van der Waals surface area contributed by atoms with Crippen LogP contribution in [0.3, 0.4) is 0 Å². The van der Waals surface area contributed by atoms with Gasteiger partial charge < -0.3 is 20.1 Å². The van der Waals surface area contributed by atoms with Crippen molar-refractivity contribution in [2.45, 2.75) is 19.4 Å². The highest BCUT2D eigenvalue weighted by atomic mass is 35.5. The Kier molecular flexibility index (Phi) is 5.57. The number of ether oxygens (including phenoxy) is 2. The fraction of sp³-hybridized carbons (Fsp3) is 0.278. The zero-order valence-electron chi connectivity index (χ0n) is 14.1. The van der Waals surface area contributed by atoms with Gasteiger partial charge in [0.05, 0.1) is 25.4 Å². The fourth-order valence-corrected chi connectivity index (χ4v) is 2.47. The summed E-state index contributed by atoms with van der Waals surface area (Å²) in [5.74, 6) is 1.31. The highest BCUT2D eigenvalue weighted by molar-refractivity contribution is 6.31. The number of halogens is 1. The number of hydrogen-bond acceptors (Lipinski definition) is 3. The molecular formula is C18H21ClN2O3. The second kappa shape index (κ2) is 7.45. The zero-order valence-corrected chi connectivity index (χ0v) is 14.9. The van der Waals surface area contributed by atoms with E-state index in [-0.39, 0.29) is 6.03 Å². The fourth-order valence-electron chi connectivity index (χ4n) is 2.30. The molecule has 0 unspecified atom stereocenters. The summed E-state index contributed by atoms with van der Waals surface area (Å²) in [6.07, 6.45) is 0. The lowest BCUT2D eigenvalue weighted by molar-refractivity contribution is 0.241. The Bertz CT molecular complexity index is 715. The highest BCUT2D eigenvalue weighted by Crippen LogP contribution is 2.28. The topological polar surface area (TPSA) is 59.6 Å². The largest absolute Gasteiger partial charge is 0.497 e. The van der Waals surface area contributed by atoms with Gasteiger partial charge in [0.1, 0.15) is 11.5 Å². The standard InChI is InChI=1S/C18H21ClN2O3/c1-18(2,12-5-8-14(23-3)9-6-12)21-17(22)20-15-11-13(19)7-10-16(15)24-4/h5-11H,1-4H3,(H2,20,21,22). The van der Waals surface area contributed by atoms with Gasteiger partial charge in [-0.2, -0.15) is 0 Å². The number of hydrogen-bond donors (Lipinski definition) is 2. The van der Waals surface area contributed by atoms with Crippen LogP contribution >= 0.6 is 11.6 Å². The maximum absolute atomic E-state index is 12.4. The maximum atomic E-state index is 12.4. The molecule has 5 nitrogen and oxygen atoms in total. The van der Waals surface area contributed by atoms with E-state index in [1.165, 1.54) is 7.11 Å². The van der Waals surface area contributed by atoms with Crippen LogP contribution in [0.5, 0.6) is 11.5 Å². The smallest absolute Gasteiger partial charge is 0.320 e. The summed E-state index contributed by atoms with van der Waals surface area (Å²) in [6.45, 7) is 3.84. The summed E-state index contributed by atoms with van der Waals surface area (Å²) in [5.41, 5.74) is 0.895. The van der Waals surface area contributed by atoms with Gasteiger partial charge in [-0.3, -0.25) is 0 Å². The van der Waals surface area contributed by atoms with Crippen molar-refractivity contribution in [2.75, 3.05) is 19.5 Å². The summed E-state index contributed by atoms with van der Waals surface area (Å²) < 4.78 is 10.4. The number of benzene rings is 2. The number of amides is 2. The first-order valence-corrected chi connectivity index (χ1v) is 7.81. The van der Waals surface area contributed by atoms with E-state index in [1.54, 1.807) is 25.3 Å². The highest BCUT2D eigenvalue weighted by Gasteiger charge is 2.23. The van der Waals surface area contributed by atoms with Gasteiger partial charge in [0.2, 0.25) is 0 Å². The van der Waals surface area contributed by atoms with E-state index in [1.807, 2.05) is 38.1 Å². The van der Waals surface area contributed by atoms with Crippen LogP contribution < -0.4 is 20.1 Å². The normalized spacial score (nSPS) is 10.9. The van der Waals surface area contributed by atoms with E-state index in [0.29, 0.717) is 16.5 Å². The molecule has 2 aromatic carbocycles. The van der Waals surface area contributed by atoms with Crippen molar-refractivity contribution in [1.82, 2.24) is 5.32 Å². The van der Waals surface area contributed by atoms with Crippen molar-refractivity contribution in [1.29, 1.82) is 0 Å². The SMILES string of the molecule is COc1ccc(C(C)(C)NC(=O)Nc2cc(Cl)ccc2OC)cc1. The molecule has 2 amide bonds. The number of urea groups is 1. The van der Waals surface area contributed by atoms with Crippen molar-refractivity contribution < 1.29 is 14.3 Å². The number of rotatable bonds is 5. The molecule has 2 aromatic rings. The molecule has 0 saturated carbocycles. The lowest BCUT2D eigenvalue weighted by atomic mass is 9.94. The molecule has 0 heterocycles. The molecule has 0 saturated heterocycles. The third-order valence-electron chi connectivity index (χ3n) is 3.65. The summed E-state index contributed by atoms with van der Waals surface area (Å²) >= 11 is 5.98. The van der Waals surface area contributed by atoms with Gasteiger partial charge in [-0.25, -0.2) is 4.79 Å². The van der Waals surface area contributed by atoms with Gasteiger partial charge in [-0.15, -0.1) is 0 Å². The Morgan fingerprint density at radius 1 is 1.04 bits per heavy atom. The first kappa shape index (κ1) is 17.9. The van der Waals surface area contributed by atoms with Crippen LogP contribution in [0.4, 0.5) is 10.5 Å². The molecule has 2 N–H and O–H groups in total. The van der Waals surface area contributed by atoms with Gasteiger partial charge in [-0.05, 0) is 49.7 Å². The quantitative estimate of drug-likeness (QED) is 0.841. The van der Waals surface area contributed by atoms with Crippen LogP contribution in [0.2, 0.25) is 5.02 Å². The van der Waals surface area contributed by atoms with Crippen molar-refractivity contribution in [2.24, 2.45) is 0 Å². The third kappa shape index (κ3) is 4.32. The van der Waals surface area contributed by atoms with Crippen LogP contribution in [-0.2, 0) is 5.54 Å². The number of anilines is 1. The molecule has 0 fully saturated rings. The van der Waals surface area contributed by atoms with Gasteiger partial charge >= 0.3 is 6.03 Å². The lowest BCUT2D eigenvalue weighted by Gasteiger charge is -2.27.